The molecule has 0 unspecified atom stereocenters. The molecule has 202 valence electrons. The fourth-order valence-corrected chi connectivity index (χ4v) is 5.44. The summed E-state index contributed by atoms with van der Waals surface area (Å²) in [4.78, 5) is 10.7. The van der Waals surface area contributed by atoms with Gasteiger partial charge in [-0.1, -0.05) is 23.2 Å². The fourth-order valence-electron chi connectivity index (χ4n) is 4.77. The zero-order chi connectivity index (χ0) is 27.9. The molecule has 0 aliphatic carbocycles. The molecule has 4 heterocycles. The summed E-state index contributed by atoms with van der Waals surface area (Å²) in [5.74, 6) is 1.25. The van der Waals surface area contributed by atoms with Crippen molar-refractivity contribution < 1.29 is 9.84 Å². The van der Waals surface area contributed by atoms with Crippen molar-refractivity contribution in [2.24, 2.45) is 0 Å². The highest BCUT2D eigenvalue weighted by molar-refractivity contribution is 6.35. The average Bonchev–Trinajstić information content (AvgIpc) is 3.28. The fraction of sp³-hybridized carbons (Fsp3) is 0.357. The maximum absolute atomic E-state index is 10.0. The van der Waals surface area contributed by atoms with Gasteiger partial charge in [-0.3, -0.25) is 10.1 Å². The Morgan fingerprint density at radius 2 is 1.95 bits per heavy atom. The molecule has 1 aromatic carbocycles. The van der Waals surface area contributed by atoms with Gasteiger partial charge >= 0.3 is 0 Å². The number of halogens is 2. The maximum Gasteiger partial charge on any atom is 0.146 e. The van der Waals surface area contributed by atoms with Crippen LogP contribution in [-0.2, 0) is 0 Å². The van der Waals surface area contributed by atoms with Crippen molar-refractivity contribution in [3.8, 4) is 23.1 Å². The number of hydrogen-bond donors (Lipinski definition) is 3. The van der Waals surface area contributed by atoms with Crippen molar-refractivity contribution in [2.75, 3.05) is 24.5 Å². The molecule has 0 spiro atoms. The number of fused-ring (bicyclic) bond motifs is 1. The van der Waals surface area contributed by atoms with Crippen LogP contribution in [0.4, 0.5) is 5.82 Å². The second kappa shape index (κ2) is 10.3. The molecule has 1 saturated heterocycles. The molecule has 0 bridgehead atoms. The topological polar surface area (TPSA) is 123 Å². The Morgan fingerprint density at radius 3 is 2.62 bits per heavy atom. The molecule has 1 aliphatic rings. The normalized spacial score (nSPS) is 15.6. The van der Waals surface area contributed by atoms with Gasteiger partial charge in [-0.2, -0.15) is 10.4 Å². The number of H-pyrrole nitrogens is 1. The SMILES string of the molecule is C[C@@H](Oc1ccc2[nH]nc(-c3cnc(N4CC(C)(NCC(C)(C)O)C4)c(C#N)c3)c2c1)c1c(Cl)cncc1Cl. The number of nitrogens with zero attached hydrogens (tertiary/aromatic N) is 5. The van der Waals surface area contributed by atoms with Crippen molar-refractivity contribution >= 4 is 39.9 Å². The van der Waals surface area contributed by atoms with Crippen LogP contribution in [0.3, 0.4) is 0 Å². The van der Waals surface area contributed by atoms with Crippen molar-refractivity contribution in [3.63, 3.8) is 0 Å². The largest absolute Gasteiger partial charge is 0.486 e. The minimum atomic E-state index is -0.796. The van der Waals surface area contributed by atoms with E-state index < -0.39 is 11.7 Å². The molecule has 0 amide bonds. The van der Waals surface area contributed by atoms with Gasteiger partial charge in [0.2, 0.25) is 0 Å². The number of nitrogens with one attached hydrogen (secondary N) is 2. The highest BCUT2D eigenvalue weighted by Crippen LogP contribution is 2.36. The lowest BCUT2D eigenvalue weighted by atomic mass is 9.90. The first kappa shape index (κ1) is 27.2. The Morgan fingerprint density at radius 1 is 1.23 bits per heavy atom. The number of pyridine rings is 2. The molecule has 9 nitrogen and oxygen atoms in total. The molecule has 11 heteroatoms. The van der Waals surface area contributed by atoms with Crippen LogP contribution in [0.2, 0.25) is 10.0 Å². The molecule has 39 heavy (non-hydrogen) atoms. The van der Waals surface area contributed by atoms with Crippen LogP contribution in [0.15, 0.2) is 42.9 Å². The van der Waals surface area contributed by atoms with Gasteiger partial charge in [0.25, 0.3) is 0 Å². The zero-order valence-corrected chi connectivity index (χ0v) is 23.6. The first-order valence-corrected chi connectivity index (χ1v) is 13.3. The van der Waals surface area contributed by atoms with E-state index in [0.717, 1.165) is 16.5 Å². The number of anilines is 1. The summed E-state index contributed by atoms with van der Waals surface area (Å²) in [6.45, 7) is 9.36. The smallest absolute Gasteiger partial charge is 0.146 e. The number of ether oxygens (including phenoxy) is 1. The molecule has 3 aromatic heterocycles. The minimum Gasteiger partial charge on any atom is -0.486 e. The predicted molar refractivity (Wildman–Crippen MR) is 152 cm³/mol. The molecule has 5 rings (SSSR count). The van der Waals surface area contributed by atoms with Gasteiger partial charge in [-0.05, 0) is 52.0 Å². The lowest BCUT2D eigenvalue weighted by molar-refractivity contribution is 0.0664. The molecule has 1 aliphatic heterocycles. The summed E-state index contributed by atoms with van der Waals surface area (Å²) in [7, 11) is 0. The van der Waals surface area contributed by atoms with E-state index in [2.05, 4.69) is 43.4 Å². The van der Waals surface area contributed by atoms with Crippen LogP contribution in [-0.4, -0.2) is 56.0 Å². The van der Waals surface area contributed by atoms with Crippen molar-refractivity contribution in [1.29, 1.82) is 5.26 Å². The Labute approximate surface area is 236 Å². The molecule has 3 N–H and O–H groups in total. The Bertz CT molecular complexity index is 1550. The number of β-amino-alcohol motifs (C(OH)–C–C–N with tert-alkyl or cyclic N) is 1. The van der Waals surface area contributed by atoms with E-state index in [1.165, 1.54) is 12.4 Å². The lowest BCUT2D eigenvalue weighted by Crippen LogP contribution is -2.69. The Hall–Kier alpha value is -3.42. The summed E-state index contributed by atoms with van der Waals surface area (Å²) in [5.41, 5.74) is 2.38. The number of benzene rings is 1. The quantitative estimate of drug-likeness (QED) is 0.263. The van der Waals surface area contributed by atoms with E-state index >= 15 is 0 Å². The lowest BCUT2D eigenvalue weighted by Gasteiger charge is -2.50. The van der Waals surface area contributed by atoms with E-state index in [0.29, 0.717) is 58.1 Å². The van der Waals surface area contributed by atoms with E-state index in [-0.39, 0.29) is 5.54 Å². The van der Waals surface area contributed by atoms with Gasteiger partial charge in [0, 0.05) is 54.7 Å². The molecule has 0 radical (unpaired) electrons. The summed E-state index contributed by atoms with van der Waals surface area (Å²) < 4.78 is 6.17. The van der Waals surface area contributed by atoms with Gasteiger partial charge < -0.3 is 20.1 Å². The number of nitriles is 1. The van der Waals surface area contributed by atoms with Crippen LogP contribution < -0.4 is 15.0 Å². The first-order chi connectivity index (χ1) is 18.5. The standard InChI is InChI=1S/C28H29Cl2N7O2/c1-16(24-21(29)11-32-12-22(24)30)39-19-5-6-23-20(8-19)25(36-35-23)18-7-17(9-31)26(33-10-18)37-14-28(4,15-37)34-13-27(2,3)38/h5-8,10-12,16,34,38H,13-15H2,1-4H3,(H,35,36)/t16-/m1/s1. The molecular weight excluding hydrogens is 537 g/mol. The third kappa shape index (κ3) is 5.65. The number of aromatic nitrogens is 4. The third-order valence-corrected chi connectivity index (χ3v) is 7.33. The Kier molecular flexibility index (Phi) is 7.16. The predicted octanol–water partition coefficient (Wildman–Crippen LogP) is 5.28. The van der Waals surface area contributed by atoms with Gasteiger partial charge in [0.05, 0.1) is 32.3 Å². The third-order valence-electron chi connectivity index (χ3n) is 6.73. The molecule has 1 fully saturated rings. The number of aromatic amines is 1. The number of rotatable bonds is 8. The number of hydrogen-bond acceptors (Lipinski definition) is 8. The Balaban J connectivity index is 1.37. The molecule has 4 aromatic rings. The first-order valence-electron chi connectivity index (χ1n) is 12.5. The van der Waals surface area contributed by atoms with Gasteiger partial charge in [-0.25, -0.2) is 4.98 Å². The molecule has 0 saturated carbocycles. The minimum absolute atomic E-state index is 0.163. The van der Waals surface area contributed by atoms with Gasteiger partial charge in [0.15, 0.2) is 0 Å². The van der Waals surface area contributed by atoms with E-state index in [9.17, 15) is 10.4 Å². The van der Waals surface area contributed by atoms with Crippen LogP contribution in [0.25, 0.3) is 22.2 Å². The molecular formula is C28H29Cl2N7O2. The van der Waals surface area contributed by atoms with Crippen LogP contribution in [0.5, 0.6) is 5.75 Å². The highest BCUT2D eigenvalue weighted by Gasteiger charge is 2.40. The molecule has 1 atom stereocenters. The summed E-state index contributed by atoms with van der Waals surface area (Å²) in [6, 6.07) is 9.72. The van der Waals surface area contributed by atoms with Crippen molar-refractivity contribution in [3.05, 3.63) is 64.0 Å². The van der Waals surface area contributed by atoms with Crippen molar-refractivity contribution in [2.45, 2.75) is 44.9 Å². The van der Waals surface area contributed by atoms with E-state index in [1.54, 1.807) is 20.0 Å². The van der Waals surface area contributed by atoms with E-state index in [4.69, 9.17) is 27.9 Å². The summed E-state index contributed by atoms with van der Waals surface area (Å²) >= 11 is 12.6. The maximum atomic E-state index is 10.0. The highest BCUT2D eigenvalue weighted by atomic mass is 35.5. The average molecular weight is 566 g/mol. The summed E-state index contributed by atoms with van der Waals surface area (Å²) in [6.07, 6.45) is 4.40. The van der Waals surface area contributed by atoms with Crippen molar-refractivity contribution in [1.82, 2.24) is 25.5 Å². The second-order valence-electron chi connectivity index (χ2n) is 10.8. The van der Waals surface area contributed by atoms with Gasteiger partial charge in [0.1, 0.15) is 29.4 Å². The van der Waals surface area contributed by atoms with Gasteiger partial charge in [-0.15, -0.1) is 0 Å². The zero-order valence-electron chi connectivity index (χ0n) is 22.1. The van der Waals surface area contributed by atoms with Crippen LogP contribution in [0.1, 0.15) is 44.9 Å². The second-order valence-corrected chi connectivity index (χ2v) is 11.7. The van der Waals surface area contributed by atoms with E-state index in [1.807, 2.05) is 31.2 Å². The van der Waals surface area contributed by atoms with Crippen LogP contribution >= 0.6 is 23.2 Å². The summed E-state index contributed by atoms with van der Waals surface area (Å²) in [5, 5.41) is 32.6. The van der Waals surface area contributed by atoms with Crippen LogP contribution in [0, 0.1) is 11.3 Å². The number of aliphatic hydroxyl groups is 1. The monoisotopic (exact) mass is 565 g/mol.